The van der Waals surface area contributed by atoms with Crippen LogP contribution in [0.2, 0.25) is 0 Å². The predicted octanol–water partition coefficient (Wildman–Crippen LogP) is 3.90. The van der Waals surface area contributed by atoms with Crippen LogP contribution in [-0.2, 0) is 6.42 Å². The van der Waals surface area contributed by atoms with E-state index in [1.165, 1.54) is 16.7 Å². The van der Waals surface area contributed by atoms with Gasteiger partial charge in [0.1, 0.15) is 5.75 Å². The molecule has 0 aliphatic carbocycles. The van der Waals surface area contributed by atoms with E-state index in [0.29, 0.717) is 17.8 Å². The summed E-state index contributed by atoms with van der Waals surface area (Å²) < 4.78 is 5.50. The lowest BCUT2D eigenvalue weighted by Gasteiger charge is -2.22. The standard InChI is InChI=1S/C17H29NO/c1-11(2)15(10-18)8-14-9-16(12(3)4)17(19-6)7-13(14)5/h7,9,11-12,15H,8,10,18H2,1-6H3. The molecule has 108 valence electrons. The highest BCUT2D eigenvalue weighted by Gasteiger charge is 2.16. The summed E-state index contributed by atoms with van der Waals surface area (Å²) in [5, 5.41) is 0. The second-order valence-corrected chi connectivity index (χ2v) is 6.12. The van der Waals surface area contributed by atoms with Crippen LogP contribution >= 0.6 is 0 Å². The van der Waals surface area contributed by atoms with Gasteiger partial charge < -0.3 is 10.5 Å². The fraction of sp³-hybridized carbons (Fsp3) is 0.647. The molecule has 1 rings (SSSR count). The van der Waals surface area contributed by atoms with Gasteiger partial charge in [-0.15, -0.1) is 0 Å². The molecular formula is C17H29NO. The first-order valence-electron chi connectivity index (χ1n) is 7.28. The molecule has 0 aromatic heterocycles. The van der Waals surface area contributed by atoms with Gasteiger partial charge in [-0.1, -0.05) is 33.8 Å². The number of benzene rings is 1. The summed E-state index contributed by atoms with van der Waals surface area (Å²) in [5.74, 6) is 2.65. The molecule has 0 saturated carbocycles. The minimum absolute atomic E-state index is 0.477. The summed E-state index contributed by atoms with van der Waals surface area (Å²) in [6.45, 7) is 11.8. The monoisotopic (exact) mass is 263 g/mol. The Bertz CT molecular complexity index is 410. The van der Waals surface area contributed by atoms with Gasteiger partial charge in [0.05, 0.1) is 7.11 Å². The largest absolute Gasteiger partial charge is 0.496 e. The van der Waals surface area contributed by atoms with Gasteiger partial charge in [-0.05, 0) is 60.4 Å². The predicted molar refractivity (Wildman–Crippen MR) is 82.9 cm³/mol. The Kier molecular flexibility index (Phi) is 5.86. The van der Waals surface area contributed by atoms with Crippen molar-refractivity contribution in [3.63, 3.8) is 0 Å². The maximum atomic E-state index is 5.90. The first-order chi connectivity index (χ1) is 8.90. The Labute approximate surface area is 118 Å². The number of hydrogen-bond donors (Lipinski definition) is 1. The molecule has 0 saturated heterocycles. The van der Waals surface area contributed by atoms with Crippen molar-refractivity contribution in [1.29, 1.82) is 0 Å². The van der Waals surface area contributed by atoms with E-state index in [2.05, 4.69) is 46.8 Å². The van der Waals surface area contributed by atoms with Crippen LogP contribution in [0.1, 0.15) is 50.3 Å². The van der Waals surface area contributed by atoms with Gasteiger partial charge in [0, 0.05) is 0 Å². The quantitative estimate of drug-likeness (QED) is 0.845. The minimum atomic E-state index is 0.477. The molecule has 0 amide bonds. The first-order valence-corrected chi connectivity index (χ1v) is 7.28. The Morgan fingerprint density at radius 1 is 1.16 bits per heavy atom. The third-order valence-electron chi connectivity index (χ3n) is 4.04. The fourth-order valence-electron chi connectivity index (χ4n) is 2.47. The van der Waals surface area contributed by atoms with E-state index in [1.54, 1.807) is 7.11 Å². The van der Waals surface area contributed by atoms with E-state index < -0.39 is 0 Å². The van der Waals surface area contributed by atoms with Crippen LogP contribution in [0.15, 0.2) is 12.1 Å². The zero-order valence-corrected chi connectivity index (χ0v) is 13.3. The maximum absolute atomic E-state index is 5.90. The number of aryl methyl sites for hydroxylation is 1. The lowest BCUT2D eigenvalue weighted by molar-refractivity contribution is 0.389. The van der Waals surface area contributed by atoms with E-state index in [1.807, 2.05) is 0 Å². The minimum Gasteiger partial charge on any atom is -0.496 e. The smallest absolute Gasteiger partial charge is 0.122 e. The second kappa shape index (κ2) is 6.95. The number of rotatable bonds is 6. The zero-order valence-electron chi connectivity index (χ0n) is 13.3. The van der Waals surface area contributed by atoms with Gasteiger partial charge in [0.15, 0.2) is 0 Å². The molecule has 1 aromatic rings. The molecule has 0 spiro atoms. The molecule has 0 radical (unpaired) electrons. The molecule has 2 heteroatoms. The van der Waals surface area contributed by atoms with Crippen LogP contribution in [-0.4, -0.2) is 13.7 Å². The maximum Gasteiger partial charge on any atom is 0.122 e. The molecule has 19 heavy (non-hydrogen) atoms. The van der Waals surface area contributed by atoms with Crippen molar-refractivity contribution in [2.45, 2.75) is 47.0 Å². The second-order valence-electron chi connectivity index (χ2n) is 6.12. The van der Waals surface area contributed by atoms with E-state index in [9.17, 15) is 0 Å². The molecule has 0 bridgehead atoms. The highest BCUT2D eigenvalue weighted by atomic mass is 16.5. The summed E-state index contributed by atoms with van der Waals surface area (Å²) in [6.07, 6.45) is 1.06. The number of ether oxygens (including phenoxy) is 1. The first kappa shape index (κ1) is 16.0. The van der Waals surface area contributed by atoms with Crippen molar-refractivity contribution < 1.29 is 4.74 Å². The van der Waals surface area contributed by atoms with Gasteiger partial charge in [-0.2, -0.15) is 0 Å². The highest BCUT2D eigenvalue weighted by molar-refractivity contribution is 5.44. The number of hydrogen-bond acceptors (Lipinski definition) is 2. The van der Waals surface area contributed by atoms with Crippen molar-refractivity contribution in [2.75, 3.05) is 13.7 Å². The third kappa shape index (κ3) is 3.97. The third-order valence-corrected chi connectivity index (χ3v) is 4.04. The molecule has 2 N–H and O–H groups in total. The van der Waals surface area contributed by atoms with Crippen LogP contribution in [0, 0.1) is 18.8 Å². The SMILES string of the molecule is COc1cc(C)c(CC(CN)C(C)C)cc1C(C)C. The van der Waals surface area contributed by atoms with Crippen LogP contribution in [0.25, 0.3) is 0 Å². The molecule has 2 nitrogen and oxygen atoms in total. The van der Waals surface area contributed by atoms with Crippen LogP contribution in [0.4, 0.5) is 0 Å². The Morgan fingerprint density at radius 2 is 1.79 bits per heavy atom. The highest BCUT2D eigenvalue weighted by Crippen LogP contribution is 2.31. The van der Waals surface area contributed by atoms with Gasteiger partial charge in [-0.25, -0.2) is 0 Å². The van der Waals surface area contributed by atoms with Crippen LogP contribution in [0.5, 0.6) is 5.75 Å². The number of nitrogens with two attached hydrogens (primary N) is 1. The average molecular weight is 263 g/mol. The number of methoxy groups -OCH3 is 1. The van der Waals surface area contributed by atoms with Crippen LogP contribution in [0.3, 0.4) is 0 Å². The lowest BCUT2D eigenvalue weighted by atomic mass is 9.86. The fourth-order valence-corrected chi connectivity index (χ4v) is 2.47. The van der Waals surface area contributed by atoms with Crippen molar-refractivity contribution in [3.8, 4) is 5.75 Å². The molecule has 1 unspecified atom stereocenters. The lowest BCUT2D eigenvalue weighted by Crippen LogP contribution is -2.22. The summed E-state index contributed by atoms with van der Waals surface area (Å²) >= 11 is 0. The van der Waals surface area contributed by atoms with E-state index >= 15 is 0 Å². The summed E-state index contributed by atoms with van der Waals surface area (Å²) in [5.41, 5.74) is 9.91. The Morgan fingerprint density at radius 3 is 2.21 bits per heavy atom. The van der Waals surface area contributed by atoms with Crippen molar-refractivity contribution >= 4 is 0 Å². The molecule has 0 aliphatic rings. The average Bonchev–Trinajstić information content (AvgIpc) is 2.35. The van der Waals surface area contributed by atoms with Crippen molar-refractivity contribution in [2.24, 2.45) is 17.6 Å². The normalized spacial score (nSPS) is 13.1. The molecule has 0 aliphatic heterocycles. The molecule has 0 fully saturated rings. The Hall–Kier alpha value is -1.02. The molecule has 0 heterocycles. The topological polar surface area (TPSA) is 35.2 Å². The summed E-state index contributed by atoms with van der Waals surface area (Å²) in [4.78, 5) is 0. The van der Waals surface area contributed by atoms with Crippen molar-refractivity contribution in [1.82, 2.24) is 0 Å². The zero-order chi connectivity index (χ0) is 14.6. The van der Waals surface area contributed by atoms with E-state index in [-0.39, 0.29) is 0 Å². The van der Waals surface area contributed by atoms with Gasteiger partial charge >= 0.3 is 0 Å². The molecular weight excluding hydrogens is 234 g/mol. The van der Waals surface area contributed by atoms with Gasteiger partial charge in [0.2, 0.25) is 0 Å². The van der Waals surface area contributed by atoms with E-state index in [4.69, 9.17) is 10.5 Å². The van der Waals surface area contributed by atoms with Gasteiger partial charge in [-0.3, -0.25) is 0 Å². The van der Waals surface area contributed by atoms with E-state index in [0.717, 1.165) is 18.7 Å². The van der Waals surface area contributed by atoms with Crippen LogP contribution < -0.4 is 10.5 Å². The summed E-state index contributed by atoms with van der Waals surface area (Å²) in [7, 11) is 1.75. The molecule has 1 atom stereocenters. The molecule has 1 aromatic carbocycles. The van der Waals surface area contributed by atoms with Crippen molar-refractivity contribution in [3.05, 3.63) is 28.8 Å². The summed E-state index contributed by atoms with van der Waals surface area (Å²) in [6, 6.07) is 4.47. The Balaban J connectivity index is 3.11. The van der Waals surface area contributed by atoms with Gasteiger partial charge in [0.25, 0.3) is 0 Å².